The molecule has 0 saturated heterocycles. The SMILES string of the molecule is CCOC(=O)Cc1c[nH]c2cc(C(C)C)ccc12. The summed E-state index contributed by atoms with van der Waals surface area (Å²) in [5.74, 6) is 0.331. The zero-order valence-electron chi connectivity index (χ0n) is 11.1. The number of ether oxygens (including phenoxy) is 1. The van der Waals surface area contributed by atoms with Crippen LogP contribution in [0.1, 0.15) is 37.8 Å². The largest absolute Gasteiger partial charge is 0.466 e. The lowest BCUT2D eigenvalue weighted by Crippen LogP contribution is -2.06. The highest BCUT2D eigenvalue weighted by Crippen LogP contribution is 2.23. The number of carbonyl (C=O) groups excluding carboxylic acids is 1. The number of rotatable bonds is 4. The zero-order valence-corrected chi connectivity index (χ0v) is 11.1. The smallest absolute Gasteiger partial charge is 0.310 e. The molecule has 0 saturated carbocycles. The standard InChI is InChI=1S/C15H19NO2/c1-4-18-15(17)8-12-9-16-14-7-11(10(2)3)5-6-13(12)14/h5-7,9-10,16H,4,8H2,1-3H3. The molecule has 0 bridgehead atoms. The van der Waals surface area contributed by atoms with Gasteiger partial charge in [-0.2, -0.15) is 0 Å². The monoisotopic (exact) mass is 245 g/mol. The molecule has 0 aliphatic rings. The molecule has 3 heteroatoms. The van der Waals surface area contributed by atoms with Crippen LogP contribution < -0.4 is 0 Å². The maximum absolute atomic E-state index is 11.5. The van der Waals surface area contributed by atoms with E-state index in [0.717, 1.165) is 16.5 Å². The van der Waals surface area contributed by atoms with E-state index in [2.05, 4.69) is 37.0 Å². The number of aromatic nitrogens is 1. The van der Waals surface area contributed by atoms with E-state index in [4.69, 9.17) is 4.74 Å². The molecule has 2 aromatic rings. The molecule has 96 valence electrons. The summed E-state index contributed by atoms with van der Waals surface area (Å²) >= 11 is 0. The molecule has 0 atom stereocenters. The number of H-pyrrole nitrogens is 1. The molecule has 0 radical (unpaired) electrons. The number of nitrogens with one attached hydrogen (secondary N) is 1. The quantitative estimate of drug-likeness (QED) is 0.839. The second kappa shape index (κ2) is 5.25. The van der Waals surface area contributed by atoms with Crippen LogP contribution in [0.2, 0.25) is 0 Å². The number of aromatic amines is 1. The second-order valence-corrected chi connectivity index (χ2v) is 4.76. The van der Waals surface area contributed by atoms with Crippen LogP contribution in [0.15, 0.2) is 24.4 Å². The molecule has 0 unspecified atom stereocenters. The van der Waals surface area contributed by atoms with Gasteiger partial charge < -0.3 is 9.72 Å². The molecule has 1 aromatic carbocycles. The predicted molar refractivity (Wildman–Crippen MR) is 72.7 cm³/mol. The summed E-state index contributed by atoms with van der Waals surface area (Å²) in [6.07, 6.45) is 2.22. The van der Waals surface area contributed by atoms with Crippen molar-refractivity contribution < 1.29 is 9.53 Å². The number of fused-ring (bicyclic) bond motifs is 1. The van der Waals surface area contributed by atoms with Gasteiger partial charge in [-0.25, -0.2) is 0 Å². The van der Waals surface area contributed by atoms with Crippen molar-refractivity contribution in [2.24, 2.45) is 0 Å². The Hall–Kier alpha value is -1.77. The number of esters is 1. The highest BCUT2D eigenvalue weighted by Gasteiger charge is 2.10. The van der Waals surface area contributed by atoms with Crippen molar-refractivity contribution in [3.63, 3.8) is 0 Å². The lowest BCUT2D eigenvalue weighted by Gasteiger charge is -2.05. The van der Waals surface area contributed by atoms with Crippen LogP contribution in [0, 0.1) is 0 Å². The fraction of sp³-hybridized carbons (Fsp3) is 0.400. The van der Waals surface area contributed by atoms with Crippen molar-refractivity contribution in [1.82, 2.24) is 4.98 Å². The Bertz CT molecular complexity index is 555. The van der Waals surface area contributed by atoms with E-state index in [0.29, 0.717) is 18.9 Å². The van der Waals surface area contributed by atoms with E-state index in [1.54, 1.807) is 0 Å². The lowest BCUT2D eigenvalue weighted by atomic mass is 10.0. The van der Waals surface area contributed by atoms with Crippen molar-refractivity contribution in [3.8, 4) is 0 Å². The van der Waals surface area contributed by atoms with Crippen LogP contribution in [-0.2, 0) is 16.0 Å². The summed E-state index contributed by atoms with van der Waals surface area (Å²) in [7, 11) is 0. The molecule has 0 fully saturated rings. The van der Waals surface area contributed by atoms with Crippen molar-refractivity contribution in [2.45, 2.75) is 33.1 Å². The number of carbonyl (C=O) groups is 1. The Balaban J connectivity index is 2.28. The first-order valence-electron chi connectivity index (χ1n) is 6.37. The summed E-state index contributed by atoms with van der Waals surface area (Å²) in [6.45, 7) is 6.59. The van der Waals surface area contributed by atoms with E-state index in [1.807, 2.05) is 13.1 Å². The summed E-state index contributed by atoms with van der Waals surface area (Å²) in [5, 5.41) is 1.10. The normalized spacial score (nSPS) is 11.1. The third-order valence-corrected chi connectivity index (χ3v) is 3.10. The van der Waals surface area contributed by atoms with Gasteiger partial charge in [-0.05, 0) is 30.0 Å². The zero-order chi connectivity index (χ0) is 13.1. The van der Waals surface area contributed by atoms with Gasteiger partial charge in [-0.15, -0.1) is 0 Å². The number of benzene rings is 1. The number of hydrogen-bond donors (Lipinski definition) is 1. The first-order valence-corrected chi connectivity index (χ1v) is 6.37. The van der Waals surface area contributed by atoms with Gasteiger partial charge in [-0.1, -0.05) is 26.0 Å². The van der Waals surface area contributed by atoms with E-state index >= 15 is 0 Å². The molecule has 2 rings (SSSR count). The molecule has 18 heavy (non-hydrogen) atoms. The molecular formula is C15H19NO2. The average Bonchev–Trinajstić information content (AvgIpc) is 2.72. The molecule has 1 heterocycles. The fourth-order valence-electron chi connectivity index (χ4n) is 2.08. The third-order valence-electron chi connectivity index (χ3n) is 3.10. The molecule has 0 aliphatic heterocycles. The van der Waals surface area contributed by atoms with Gasteiger partial charge in [0.25, 0.3) is 0 Å². The van der Waals surface area contributed by atoms with Crippen molar-refractivity contribution in [3.05, 3.63) is 35.5 Å². The lowest BCUT2D eigenvalue weighted by molar-refractivity contribution is -0.142. The van der Waals surface area contributed by atoms with Crippen molar-refractivity contribution in [1.29, 1.82) is 0 Å². The maximum Gasteiger partial charge on any atom is 0.310 e. The van der Waals surface area contributed by atoms with Gasteiger partial charge in [0.2, 0.25) is 0 Å². The average molecular weight is 245 g/mol. The third kappa shape index (κ3) is 2.55. The Morgan fingerprint density at radius 2 is 2.17 bits per heavy atom. The van der Waals surface area contributed by atoms with Crippen LogP contribution in [0.4, 0.5) is 0 Å². The highest BCUT2D eigenvalue weighted by molar-refractivity contribution is 5.87. The summed E-state index contributed by atoms with van der Waals surface area (Å²) in [5.41, 5.74) is 3.38. The first kappa shape index (κ1) is 12.7. The predicted octanol–water partition coefficient (Wildman–Crippen LogP) is 3.40. The van der Waals surface area contributed by atoms with Crippen LogP contribution in [0.3, 0.4) is 0 Å². The summed E-state index contributed by atoms with van der Waals surface area (Å²) < 4.78 is 4.97. The van der Waals surface area contributed by atoms with Crippen molar-refractivity contribution >= 4 is 16.9 Å². The van der Waals surface area contributed by atoms with Gasteiger partial charge >= 0.3 is 5.97 Å². The molecule has 0 spiro atoms. The van der Waals surface area contributed by atoms with E-state index in [9.17, 15) is 4.79 Å². The molecular weight excluding hydrogens is 226 g/mol. The maximum atomic E-state index is 11.5. The summed E-state index contributed by atoms with van der Waals surface area (Å²) in [6, 6.07) is 6.35. The summed E-state index contributed by atoms with van der Waals surface area (Å²) in [4.78, 5) is 14.7. The fourth-order valence-corrected chi connectivity index (χ4v) is 2.08. The highest BCUT2D eigenvalue weighted by atomic mass is 16.5. The van der Waals surface area contributed by atoms with Crippen LogP contribution >= 0.6 is 0 Å². The molecule has 3 nitrogen and oxygen atoms in total. The Morgan fingerprint density at radius 1 is 1.39 bits per heavy atom. The Labute approximate surface area is 107 Å². The molecule has 0 aliphatic carbocycles. The Kier molecular flexibility index (Phi) is 3.70. The van der Waals surface area contributed by atoms with Gasteiger partial charge in [0.15, 0.2) is 0 Å². The van der Waals surface area contributed by atoms with Gasteiger partial charge in [0.05, 0.1) is 13.0 Å². The minimum atomic E-state index is -0.175. The van der Waals surface area contributed by atoms with Crippen molar-refractivity contribution in [2.75, 3.05) is 6.61 Å². The Morgan fingerprint density at radius 3 is 2.83 bits per heavy atom. The first-order chi connectivity index (χ1) is 8.61. The van der Waals surface area contributed by atoms with Gasteiger partial charge in [-0.3, -0.25) is 4.79 Å². The second-order valence-electron chi connectivity index (χ2n) is 4.76. The number of hydrogen-bond acceptors (Lipinski definition) is 2. The molecule has 1 N–H and O–H groups in total. The molecule has 1 aromatic heterocycles. The molecule has 0 amide bonds. The van der Waals surface area contributed by atoms with Gasteiger partial charge in [0, 0.05) is 17.1 Å². The van der Waals surface area contributed by atoms with Gasteiger partial charge in [0.1, 0.15) is 0 Å². The van der Waals surface area contributed by atoms with E-state index in [1.165, 1.54) is 5.56 Å². The van der Waals surface area contributed by atoms with Crippen LogP contribution in [0.25, 0.3) is 10.9 Å². The van der Waals surface area contributed by atoms with Crippen LogP contribution in [-0.4, -0.2) is 17.6 Å². The minimum absolute atomic E-state index is 0.175. The van der Waals surface area contributed by atoms with Crippen LogP contribution in [0.5, 0.6) is 0 Å². The van der Waals surface area contributed by atoms with E-state index in [-0.39, 0.29) is 5.97 Å². The minimum Gasteiger partial charge on any atom is -0.466 e. The van der Waals surface area contributed by atoms with E-state index < -0.39 is 0 Å². The topological polar surface area (TPSA) is 42.1 Å².